The van der Waals surface area contributed by atoms with E-state index in [1.807, 2.05) is 0 Å². The maximum absolute atomic E-state index is 13.0. The number of hydrogen-bond acceptors (Lipinski definition) is 15. The molecule has 0 bridgehead atoms. The van der Waals surface area contributed by atoms with Crippen LogP contribution in [-0.2, 0) is 65.4 Å². The Hall–Kier alpha value is -2.46. The highest BCUT2D eigenvalue weighted by molar-refractivity contribution is 7.47. The molecule has 0 heterocycles. The SMILES string of the molecule is CCCCCC/C=C\C=C/CCCCCCCC(=O)O[C@H](COC(=O)CCCCCCCCCCCCCCCCC)COP(=O)(O)OC[C@@H](O)COP(=O)(O)OC[C@@H](COC(=O)CCCCCCC)OC(=O)CCCCCCCCC(C)C. The fraction of sp³-hybridized carbons (Fsp3) is 0.877. The molecule has 0 aliphatic rings. The van der Waals surface area contributed by atoms with Crippen LogP contribution in [0.1, 0.15) is 304 Å². The summed E-state index contributed by atoms with van der Waals surface area (Å²) in [5.41, 5.74) is 0. The van der Waals surface area contributed by atoms with Gasteiger partial charge in [0.2, 0.25) is 0 Å². The van der Waals surface area contributed by atoms with Crippen LogP contribution < -0.4 is 0 Å². The number of aliphatic hydroxyl groups excluding tert-OH is 1. The standard InChI is InChI=1S/C65H122O17P2/c1-6-9-12-15-17-19-21-23-25-27-29-31-33-39-44-49-63(68)76-55-61(81-64(69)50-45-40-34-32-30-28-26-24-22-20-18-16-13-10-7-2)57-80-84(73,74)78-53-59(66)52-77-83(71,72)79-56-60(54-75-62(67)48-43-37-14-11-8-3)82-65(70)51-46-41-36-35-38-42-47-58(4)5/h20,22,24,26,58-61,66H,6-19,21,23,25,27-57H2,1-5H3,(H,71,72)(H,73,74)/b22-20-,26-24-/t59-,60+,61+/m0/s1. The number of ether oxygens (including phenoxy) is 4. The van der Waals surface area contributed by atoms with Crippen molar-refractivity contribution in [3.05, 3.63) is 24.3 Å². The molecule has 0 amide bonds. The average Bonchev–Trinajstić information content (AvgIpc) is 3.50. The van der Waals surface area contributed by atoms with Crippen molar-refractivity contribution < 1.29 is 80.2 Å². The normalized spacial score (nSPS) is 14.4. The molecule has 84 heavy (non-hydrogen) atoms. The lowest BCUT2D eigenvalue weighted by Gasteiger charge is -2.21. The second-order valence-corrected chi connectivity index (χ2v) is 26.2. The second kappa shape index (κ2) is 58.2. The van der Waals surface area contributed by atoms with E-state index in [0.29, 0.717) is 31.6 Å². The molecule has 0 spiro atoms. The van der Waals surface area contributed by atoms with E-state index in [4.69, 9.17) is 37.0 Å². The molecule has 17 nitrogen and oxygen atoms in total. The first kappa shape index (κ1) is 81.5. The van der Waals surface area contributed by atoms with E-state index in [2.05, 4.69) is 58.9 Å². The van der Waals surface area contributed by atoms with Gasteiger partial charge in [-0.05, 0) is 57.3 Å². The van der Waals surface area contributed by atoms with Crippen LogP contribution in [-0.4, -0.2) is 96.7 Å². The Labute approximate surface area is 510 Å². The zero-order chi connectivity index (χ0) is 62.0. The van der Waals surface area contributed by atoms with Crippen molar-refractivity contribution in [2.45, 2.75) is 323 Å². The lowest BCUT2D eigenvalue weighted by molar-refractivity contribution is -0.161. The van der Waals surface area contributed by atoms with E-state index in [1.54, 1.807) is 0 Å². The molecular formula is C65H122O17P2. The van der Waals surface area contributed by atoms with Crippen molar-refractivity contribution in [3.63, 3.8) is 0 Å². The molecule has 0 saturated heterocycles. The molecular weight excluding hydrogens is 1110 g/mol. The van der Waals surface area contributed by atoms with Crippen LogP contribution >= 0.6 is 15.6 Å². The third-order valence-electron chi connectivity index (χ3n) is 14.4. The predicted octanol–water partition coefficient (Wildman–Crippen LogP) is 17.7. The summed E-state index contributed by atoms with van der Waals surface area (Å²) in [5, 5.41) is 10.5. The van der Waals surface area contributed by atoms with E-state index < -0.39 is 97.5 Å². The number of phosphoric acid groups is 2. The number of aliphatic hydroxyl groups is 1. The van der Waals surface area contributed by atoms with E-state index in [-0.39, 0.29) is 25.7 Å². The lowest BCUT2D eigenvalue weighted by Crippen LogP contribution is -2.30. The maximum Gasteiger partial charge on any atom is 0.472 e. The molecule has 0 aliphatic heterocycles. The monoisotopic (exact) mass is 1240 g/mol. The Morgan fingerprint density at radius 1 is 0.369 bits per heavy atom. The first-order valence-electron chi connectivity index (χ1n) is 33.5. The highest BCUT2D eigenvalue weighted by Gasteiger charge is 2.30. The Morgan fingerprint density at radius 3 is 0.976 bits per heavy atom. The Bertz CT molecular complexity index is 1730. The van der Waals surface area contributed by atoms with Gasteiger partial charge in [-0.3, -0.25) is 37.3 Å². The maximum atomic E-state index is 13.0. The summed E-state index contributed by atoms with van der Waals surface area (Å²) in [6.07, 6.45) is 45.8. The first-order valence-corrected chi connectivity index (χ1v) is 36.4. The molecule has 0 aromatic heterocycles. The van der Waals surface area contributed by atoms with Crippen LogP contribution in [0.5, 0.6) is 0 Å². The van der Waals surface area contributed by atoms with Crippen LogP contribution in [0, 0.1) is 5.92 Å². The number of hydrogen-bond donors (Lipinski definition) is 3. The van der Waals surface area contributed by atoms with Crippen LogP contribution in [0.15, 0.2) is 24.3 Å². The third-order valence-corrected chi connectivity index (χ3v) is 16.3. The van der Waals surface area contributed by atoms with Gasteiger partial charge < -0.3 is 33.8 Å². The van der Waals surface area contributed by atoms with Crippen molar-refractivity contribution in [3.8, 4) is 0 Å². The van der Waals surface area contributed by atoms with Gasteiger partial charge in [-0.1, -0.05) is 252 Å². The Kier molecular flexibility index (Phi) is 56.5. The Morgan fingerprint density at radius 2 is 0.643 bits per heavy atom. The van der Waals surface area contributed by atoms with Gasteiger partial charge in [-0.25, -0.2) is 9.13 Å². The number of unbranched alkanes of at least 4 members (excludes halogenated alkanes) is 32. The van der Waals surface area contributed by atoms with Gasteiger partial charge in [0.05, 0.1) is 26.4 Å². The van der Waals surface area contributed by atoms with Crippen molar-refractivity contribution >= 4 is 39.5 Å². The number of esters is 4. The molecule has 19 heteroatoms. The largest absolute Gasteiger partial charge is 0.472 e. The molecule has 0 saturated carbocycles. The molecule has 0 aliphatic carbocycles. The van der Waals surface area contributed by atoms with Gasteiger partial charge in [-0.15, -0.1) is 0 Å². The molecule has 0 aromatic rings. The number of allylic oxidation sites excluding steroid dienone is 4. The molecule has 3 N–H and O–H groups in total. The first-order chi connectivity index (χ1) is 40.5. The third kappa shape index (κ3) is 58.6. The zero-order valence-corrected chi connectivity index (χ0v) is 55.3. The molecule has 0 radical (unpaired) electrons. The van der Waals surface area contributed by atoms with Gasteiger partial charge in [0.1, 0.15) is 19.3 Å². The highest BCUT2D eigenvalue weighted by Crippen LogP contribution is 2.45. The molecule has 0 rings (SSSR count). The summed E-state index contributed by atoms with van der Waals surface area (Å²) < 4.78 is 67.8. The van der Waals surface area contributed by atoms with Gasteiger partial charge in [-0.2, -0.15) is 0 Å². The van der Waals surface area contributed by atoms with E-state index >= 15 is 0 Å². The summed E-state index contributed by atoms with van der Waals surface area (Å²) in [5.74, 6) is -1.51. The number of carbonyl (C=O) groups is 4. The zero-order valence-electron chi connectivity index (χ0n) is 53.5. The predicted molar refractivity (Wildman–Crippen MR) is 335 cm³/mol. The summed E-state index contributed by atoms with van der Waals surface area (Å²) in [6, 6.07) is 0. The topological polar surface area (TPSA) is 237 Å². The van der Waals surface area contributed by atoms with Gasteiger partial charge >= 0.3 is 39.5 Å². The number of phosphoric ester groups is 2. The minimum atomic E-state index is -4.95. The molecule has 2 unspecified atom stereocenters. The quantitative estimate of drug-likeness (QED) is 0.0169. The van der Waals surface area contributed by atoms with E-state index in [0.717, 1.165) is 109 Å². The van der Waals surface area contributed by atoms with Crippen molar-refractivity contribution in [1.82, 2.24) is 0 Å². The number of rotatable bonds is 63. The highest BCUT2D eigenvalue weighted by atomic mass is 31.2. The fourth-order valence-electron chi connectivity index (χ4n) is 9.22. The van der Waals surface area contributed by atoms with Crippen LogP contribution in [0.3, 0.4) is 0 Å². The number of carbonyl (C=O) groups excluding carboxylic acids is 4. The summed E-state index contributed by atoms with van der Waals surface area (Å²) in [6.45, 7) is 6.95. The van der Waals surface area contributed by atoms with Crippen molar-refractivity contribution in [2.24, 2.45) is 5.92 Å². The van der Waals surface area contributed by atoms with E-state index in [1.165, 1.54) is 109 Å². The molecule has 5 atom stereocenters. The smallest absolute Gasteiger partial charge is 0.462 e. The second-order valence-electron chi connectivity index (χ2n) is 23.3. The van der Waals surface area contributed by atoms with Crippen LogP contribution in [0.25, 0.3) is 0 Å². The Balaban J connectivity index is 5.20. The fourth-order valence-corrected chi connectivity index (χ4v) is 10.8. The average molecular weight is 1240 g/mol. The summed E-state index contributed by atoms with van der Waals surface area (Å²) in [7, 11) is -9.89. The van der Waals surface area contributed by atoms with Gasteiger partial charge in [0.15, 0.2) is 12.2 Å². The molecule has 0 fully saturated rings. The minimum Gasteiger partial charge on any atom is -0.462 e. The van der Waals surface area contributed by atoms with Crippen LogP contribution in [0.4, 0.5) is 0 Å². The van der Waals surface area contributed by atoms with Gasteiger partial charge in [0, 0.05) is 25.7 Å². The summed E-state index contributed by atoms with van der Waals surface area (Å²) in [4.78, 5) is 72.0. The van der Waals surface area contributed by atoms with Crippen molar-refractivity contribution in [2.75, 3.05) is 39.6 Å². The van der Waals surface area contributed by atoms with Crippen molar-refractivity contribution in [1.29, 1.82) is 0 Å². The van der Waals surface area contributed by atoms with E-state index in [9.17, 15) is 43.2 Å². The molecule has 0 aromatic carbocycles. The van der Waals surface area contributed by atoms with Gasteiger partial charge in [0.25, 0.3) is 0 Å². The summed E-state index contributed by atoms with van der Waals surface area (Å²) >= 11 is 0. The lowest BCUT2D eigenvalue weighted by atomic mass is 10.0. The molecule has 494 valence electrons. The van der Waals surface area contributed by atoms with Crippen LogP contribution in [0.2, 0.25) is 0 Å². The minimum absolute atomic E-state index is 0.0852.